The smallest absolute Gasteiger partial charge is 0.277 e. The minimum atomic E-state index is -0.428. The van der Waals surface area contributed by atoms with Gasteiger partial charge in [0.15, 0.2) is 0 Å². The van der Waals surface area contributed by atoms with E-state index in [9.17, 15) is 9.18 Å². The van der Waals surface area contributed by atoms with E-state index in [1.54, 1.807) is 12.1 Å². The van der Waals surface area contributed by atoms with Crippen LogP contribution in [0.5, 0.6) is 5.75 Å². The average molecular weight is 465 g/mol. The van der Waals surface area contributed by atoms with Crippen LogP contribution in [0.1, 0.15) is 21.6 Å². The Labute approximate surface area is 174 Å². The van der Waals surface area contributed by atoms with Crippen molar-refractivity contribution in [1.29, 1.82) is 0 Å². The van der Waals surface area contributed by atoms with E-state index in [0.29, 0.717) is 26.2 Å². The average Bonchev–Trinajstić information content (AvgIpc) is 3.14. The number of nitrogen functional groups attached to an aromatic ring is 1. The lowest BCUT2D eigenvalue weighted by atomic mass is 10.2. The maximum Gasteiger partial charge on any atom is 0.277 e. The van der Waals surface area contributed by atoms with Gasteiger partial charge in [0.05, 0.1) is 13.1 Å². The van der Waals surface area contributed by atoms with E-state index in [1.807, 2.05) is 23.5 Å². The number of carbonyl (C=O) groups excluding carboxylic acids is 1. The van der Waals surface area contributed by atoms with Gasteiger partial charge in [0, 0.05) is 10.0 Å². The Hall–Kier alpha value is -2.98. The van der Waals surface area contributed by atoms with Gasteiger partial charge in [-0.3, -0.25) is 4.79 Å². The lowest BCUT2D eigenvalue weighted by Gasteiger charge is -2.12. The fourth-order valence-corrected chi connectivity index (χ4v) is 2.98. The van der Waals surface area contributed by atoms with Gasteiger partial charge in [-0.2, -0.15) is 0 Å². The van der Waals surface area contributed by atoms with Crippen molar-refractivity contribution in [3.63, 3.8) is 0 Å². The second-order valence-corrected chi connectivity index (χ2v) is 7.12. The summed E-state index contributed by atoms with van der Waals surface area (Å²) in [6.45, 7) is 2.06. The Morgan fingerprint density at radius 2 is 2.03 bits per heavy atom. The van der Waals surface area contributed by atoms with Gasteiger partial charge in [0.1, 0.15) is 24.7 Å². The number of hydrogen-bond donors (Lipinski definition) is 3. The van der Waals surface area contributed by atoms with Crippen molar-refractivity contribution in [3.8, 4) is 5.75 Å². The first kappa shape index (κ1) is 20.7. The van der Waals surface area contributed by atoms with Gasteiger partial charge in [-0.05, 0) is 46.2 Å². The third-order valence-electron chi connectivity index (χ3n) is 4.06. The molecule has 0 unspecified atom stereocenters. The number of ether oxygens (including phenoxy) is 1. The molecule has 0 saturated carbocycles. The second kappa shape index (κ2) is 9.99. The highest BCUT2D eigenvalue weighted by Crippen LogP contribution is 2.23. The number of aromatic nitrogens is 2. The molecule has 0 bridgehead atoms. The van der Waals surface area contributed by atoms with Crippen LogP contribution in [0.4, 0.5) is 10.2 Å². The van der Waals surface area contributed by atoms with E-state index in [4.69, 9.17) is 10.5 Å². The number of rotatable bonds is 9. The van der Waals surface area contributed by atoms with Gasteiger partial charge in [-0.1, -0.05) is 28.1 Å². The quantitative estimate of drug-likeness (QED) is 0.414. The van der Waals surface area contributed by atoms with Gasteiger partial charge in [-0.25, -0.2) is 9.02 Å². The van der Waals surface area contributed by atoms with Crippen LogP contribution in [0.15, 0.2) is 51.6 Å². The van der Waals surface area contributed by atoms with Crippen molar-refractivity contribution in [1.82, 2.24) is 15.6 Å². The summed E-state index contributed by atoms with van der Waals surface area (Å²) in [6.07, 6.45) is 0. The van der Waals surface area contributed by atoms with E-state index in [2.05, 4.69) is 36.2 Å². The lowest BCUT2D eigenvalue weighted by molar-refractivity contribution is -0.668. The molecule has 0 fully saturated rings. The Bertz CT molecular complexity index is 965. The normalized spacial score (nSPS) is 10.7. The van der Waals surface area contributed by atoms with E-state index in [0.717, 1.165) is 21.3 Å². The summed E-state index contributed by atoms with van der Waals surface area (Å²) in [7, 11) is 0. The summed E-state index contributed by atoms with van der Waals surface area (Å²) in [5, 5.41) is 11.6. The molecule has 5 N–H and O–H groups in total. The molecule has 3 aromatic rings. The molecule has 0 saturated heterocycles. The number of carbonyl (C=O) groups is 1. The Morgan fingerprint density at radius 1 is 1.24 bits per heavy atom. The number of anilines is 1. The van der Waals surface area contributed by atoms with Crippen LogP contribution in [-0.4, -0.2) is 29.3 Å². The summed E-state index contributed by atoms with van der Waals surface area (Å²) in [5.41, 5.74) is 7.34. The highest BCUT2D eigenvalue weighted by atomic mass is 79.9. The van der Waals surface area contributed by atoms with Gasteiger partial charge in [0.2, 0.25) is 11.5 Å². The SMILES string of the molecule is Nc1nonc1C(=O)NCC[NH2+]Cc1cc(Br)ccc1OCc1ccc(F)cc1. The molecule has 152 valence electrons. The molecular weight excluding hydrogens is 445 g/mol. The van der Waals surface area contributed by atoms with E-state index in [-0.39, 0.29) is 17.3 Å². The number of quaternary nitrogens is 1. The van der Waals surface area contributed by atoms with Gasteiger partial charge in [0.25, 0.3) is 5.91 Å². The zero-order valence-electron chi connectivity index (χ0n) is 15.4. The number of hydrogen-bond acceptors (Lipinski definition) is 6. The molecule has 1 aromatic heterocycles. The summed E-state index contributed by atoms with van der Waals surface area (Å²) in [5.74, 6) is 0.00742. The highest BCUT2D eigenvalue weighted by Gasteiger charge is 2.15. The molecular formula is C19H20BrFN5O3+. The Kier molecular flexibility index (Phi) is 7.14. The van der Waals surface area contributed by atoms with Crippen LogP contribution >= 0.6 is 15.9 Å². The molecule has 0 atom stereocenters. The number of nitrogens with two attached hydrogens (primary N) is 2. The lowest BCUT2D eigenvalue weighted by Crippen LogP contribution is -2.84. The second-order valence-electron chi connectivity index (χ2n) is 6.20. The van der Waals surface area contributed by atoms with Crippen LogP contribution in [0.2, 0.25) is 0 Å². The number of nitrogens with zero attached hydrogens (tertiary/aromatic N) is 2. The molecule has 0 spiro atoms. The molecule has 3 rings (SSSR count). The van der Waals surface area contributed by atoms with Gasteiger partial charge in [-0.15, -0.1) is 0 Å². The van der Waals surface area contributed by atoms with Crippen molar-refractivity contribution < 1.29 is 23.9 Å². The number of nitrogens with one attached hydrogen (secondary N) is 1. The molecule has 2 aromatic carbocycles. The van der Waals surface area contributed by atoms with Crippen LogP contribution in [0.25, 0.3) is 0 Å². The predicted molar refractivity (Wildman–Crippen MR) is 106 cm³/mol. The largest absolute Gasteiger partial charge is 0.488 e. The summed E-state index contributed by atoms with van der Waals surface area (Å²) in [6, 6.07) is 12.0. The Balaban J connectivity index is 1.48. The highest BCUT2D eigenvalue weighted by molar-refractivity contribution is 9.10. The molecule has 0 radical (unpaired) electrons. The number of halogens is 2. The van der Waals surface area contributed by atoms with Crippen LogP contribution in [-0.2, 0) is 13.2 Å². The van der Waals surface area contributed by atoms with Crippen LogP contribution in [0.3, 0.4) is 0 Å². The maximum atomic E-state index is 13.0. The zero-order valence-corrected chi connectivity index (χ0v) is 17.0. The summed E-state index contributed by atoms with van der Waals surface area (Å²) < 4.78 is 24.3. The van der Waals surface area contributed by atoms with Crippen molar-refractivity contribution in [3.05, 3.63) is 69.6 Å². The fourth-order valence-electron chi connectivity index (χ4n) is 2.57. The molecule has 0 aliphatic carbocycles. The molecule has 8 nitrogen and oxygen atoms in total. The van der Waals surface area contributed by atoms with Crippen molar-refractivity contribution in [2.24, 2.45) is 0 Å². The first-order valence-corrected chi connectivity index (χ1v) is 9.66. The summed E-state index contributed by atoms with van der Waals surface area (Å²) >= 11 is 3.47. The minimum Gasteiger partial charge on any atom is -0.488 e. The van der Waals surface area contributed by atoms with E-state index >= 15 is 0 Å². The molecule has 29 heavy (non-hydrogen) atoms. The van der Waals surface area contributed by atoms with Crippen molar-refractivity contribution in [2.45, 2.75) is 13.2 Å². The van der Waals surface area contributed by atoms with Crippen LogP contribution < -0.4 is 21.1 Å². The molecule has 1 heterocycles. The topological polar surface area (TPSA) is 120 Å². The number of benzene rings is 2. The monoisotopic (exact) mass is 464 g/mol. The predicted octanol–water partition coefficient (Wildman–Crippen LogP) is 1.63. The van der Waals surface area contributed by atoms with Crippen LogP contribution in [0, 0.1) is 5.82 Å². The number of amides is 1. The molecule has 10 heteroatoms. The Morgan fingerprint density at radius 3 is 2.76 bits per heavy atom. The maximum absolute atomic E-state index is 13.0. The third kappa shape index (κ3) is 6.00. The fraction of sp³-hybridized carbons (Fsp3) is 0.211. The van der Waals surface area contributed by atoms with Crippen molar-refractivity contribution in [2.75, 3.05) is 18.8 Å². The molecule has 1 amide bonds. The first-order valence-electron chi connectivity index (χ1n) is 8.86. The van der Waals surface area contributed by atoms with Gasteiger partial charge < -0.3 is 21.1 Å². The van der Waals surface area contributed by atoms with E-state index in [1.165, 1.54) is 12.1 Å². The minimum absolute atomic E-state index is 0.0199. The first-order chi connectivity index (χ1) is 14.0. The van der Waals surface area contributed by atoms with E-state index < -0.39 is 5.91 Å². The standard InChI is InChI=1S/C19H19BrFN5O3/c20-14-3-6-16(28-11-12-1-4-15(21)5-2-12)13(9-14)10-23-7-8-24-19(27)17-18(22)26-29-25-17/h1-6,9,23H,7-8,10-11H2,(H2,22,26)(H,24,27)/p+1. The third-order valence-corrected chi connectivity index (χ3v) is 4.55. The summed E-state index contributed by atoms with van der Waals surface area (Å²) in [4.78, 5) is 11.9. The molecule has 0 aliphatic rings. The zero-order chi connectivity index (χ0) is 20.6. The van der Waals surface area contributed by atoms with Crippen molar-refractivity contribution >= 4 is 27.7 Å². The molecule has 0 aliphatic heterocycles. The van der Waals surface area contributed by atoms with Gasteiger partial charge >= 0.3 is 0 Å².